The maximum Gasteiger partial charge on any atom is 0.248 e. The number of rotatable bonds is 4. The van der Waals surface area contributed by atoms with Crippen LogP contribution in [0.4, 0.5) is 5.82 Å². The first kappa shape index (κ1) is 16.5. The maximum absolute atomic E-state index is 12.4. The number of hydrogen-bond donors (Lipinski definition) is 2. The van der Waals surface area contributed by atoms with Crippen molar-refractivity contribution in [3.05, 3.63) is 17.5 Å². The number of aryl methyl sites for hydroxylation is 1. The van der Waals surface area contributed by atoms with Gasteiger partial charge >= 0.3 is 0 Å². The fraction of sp³-hybridized carbons (Fsp3) is 0.438. The van der Waals surface area contributed by atoms with Crippen molar-refractivity contribution in [3.63, 3.8) is 0 Å². The van der Waals surface area contributed by atoms with Gasteiger partial charge in [-0.1, -0.05) is 6.92 Å². The third kappa shape index (κ3) is 3.43. The summed E-state index contributed by atoms with van der Waals surface area (Å²) in [7, 11) is 3.39. The fourth-order valence-corrected chi connectivity index (χ4v) is 3.58. The predicted octanol–water partition coefficient (Wildman–Crippen LogP) is 2.01. The number of amides is 2. The minimum Gasteiger partial charge on any atom is -0.496 e. The highest BCUT2D eigenvalue weighted by molar-refractivity contribution is 7.13. The van der Waals surface area contributed by atoms with Crippen LogP contribution < -0.4 is 15.4 Å². The number of aromatic nitrogens is 2. The number of ether oxygens (including phenoxy) is 1. The highest BCUT2D eigenvalue weighted by Crippen LogP contribution is 2.31. The fourth-order valence-electron chi connectivity index (χ4n) is 2.77. The van der Waals surface area contributed by atoms with E-state index in [4.69, 9.17) is 4.74 Å². The van der Waals surface area contributed by atoms with Gasteiger partial charge in [0.05, 0.1) is 12.0 Å². The lowest BCUT2D eigenvalue weighted by Crippen LogP contribution is -2.48. The Labute approximate surface area is 144 Å². The lowest BCUT2D eigenvalue weighted by molar-refractivity contribution is -0.129. The van der Waals surface area contributed by atoms with E-state index in [0.29, 0.717) is 18.7 Å². The largest absolute Gasteiger partial charge is 0.496 e. The Morgan fingerprint density at radius 3 is 2.96 bits per heavy atom. The molecule has 24 heavy (non-hydrogen) atoms. The van der Waals surface area contributed by atoms with Gasteiger partial charge in [0.1, 0.15) is 23.3 Å². The third-order valence-electron chi connectivity index (χ3n) is 4.02. The van der Waals surface area contributed by atoms with Crippen LogP contribution in [-0.4, -0.2) is 34.7 Å². The van der Waals surface area contributed by atoms with Gasteiger partial charge in [-0.3, -0.25) is 14.3 Å². The molecule has 0 aliphatic carbocycles. The number of methoxy groups -OCH3 is 1. The van der Waals surface area contributed by atoms with Gasteiger partial charge in [0, 0.05) is 31.0 Å². The monoisotopic (exact) mass is 348 g/mol. The van der Waals surface area contributed by atoms with Crippen molar-refractivity contribution in [3.8, 4) is 16.3 Å². The van der Waals surface area contributed by atoms with Crippen LogP contribution in [0, 0.1) is 5.92 Å². The van der Waals surface area contributed by atoms with Crippen LogP contribution in [0.15, 0.2) is 17.5 Å². The van der Waals surface area contributed by atoms with Crippen molar-refractivity contribution in [1.29, 1.82) is 0 Å². The SMILES string of the molecule is COc1csc(-c2cc(NC(=O)[C@@H]3C[C@H](C)CC(=O)N3)n(C)n2)c1. The molecule has 1 aliphatic heterocycles. The Balaban J connectivity index is 1.73. The minimum atomic E-state index is -0.499. The van der Waals surface area contributed by atoms with E-state index in [9.17, 15) is 9.59 Å². The van der Waals surface area contributed by atoms with Crippen LogP contribution >= 0.6 is 11.3 Å². The van der Waals surface area contributed by atoms with Crippen LogP contribution in [0.2, 0.25) is 0 Å². The van der Waals surface area contributed by atoms with E-state index in [-0.39, 0.29) is 17.7 Å². The van der Waals surface area contributed by atoms with Crippen LogP contribution in [0.25, 0.3) is 10.6 Å². The summed E-state index contributed by atoms with van der Waals surface area (Å²) in [5.41, 5.74) is 0.766. The molecule has 3 heterocycles. The van der Waals surface area contributed by atoms with Crippen molar-refractivity contribution < 1.29 is 14.3 Å². The van der Waals surface area contributed by atoms with Crippen LogP contribution in [-0.2, 0) is 16.6 Å². The number of carbonyl (C=O) groups is 2. The molecule has 0 aromatic carbocycles. The molecule has 1 fully saturated rings. The first-order valence-corrected chi connectivity index (χ1v) is 8.61. The molecule has 2 atom stereocenters. The van der Waals surface area contributed by atoms with E-state index in [1.807, 2.05) is 24.4 Å². The Hall–Kier alpha value is -2.35. The summed E-state index contributed by atoms with van der Waals surface area (Å²) in [4.78, 5) is 25.0. The molecular formula is C16H20N4O3S. The second kappa shape index (κ2) is 6.64. The molecule has 2 aromatic rings. The summed E-state index contributed by atoms with van der Waals surface area (Å²) < 4.78 is 6.80. The zero-order valence-electron chi connectivity index (χ0n) is 13.8. The highest BCUT2D eigenvalue weighted by atomic mass is 32.1. The second-order valence-corrected chi connectivity index (χ2v) is 6.95. The first-order valence-electron chi connectivity index (χ1n) is 7.73. The molecule has 3 rings (SSSR count). The maximum atomic E-state index is 12.4. The van der Waals surface area contributed by atoms with Crippen LogP contribution in [0.1, 0.15) is 19.8 Å². The van der Waals surface area contributed by atoms with E-state index in [1.54, 1.807) is 18.8 Å². The van der Waals surface area contributed by atoms with Gasteiger partial charge in [-0.05, 0) is 12.3 Å². The van der Waals surface area contributed by atoms with E-state index in [1.165, 1.54) is 11.3 Å². The summed E-state index contributed by atoms with van der Waals surface area (Å²) in [6.07, 6.45) is 1.12. The van der Waals surface area contributed by atoms with Crippen molar-refractivity contribution in [2.45, 2.75) is 25.8 Å². The molecule has 128 valence electrons. The Kier molecular flexibility index (Phi) is 4.57. The summed E-state index contributed by atoms with van der Waals surface area (Å²) in [5.74, 6) is 1.29. The summed E-state index contributed by atoms with van der Waals surface area (Å²) >= 11 is 1.53. The normalized spacial score (nSPS) is 20.5. The molecule has 7 nitrogen and oxygen atoms in total. The van der Waals surface area contributed by atoms with Crippen molar-refractivity contribution in [1.82, 2.24) is 15.1 Å². The van der Waals surface area contributed by atoms with E-state index in [2.05, 4.69) is 15.7 Å². The molecule has 0 radical (unpaired) electrons. The van der Waals surface area contributed by atoms with Gasteiger partial charge in [-0.25, -0.2) is 0 Å². The molecule has 8 heteroatoms. The molecule has 2 N–H and O–H groups in total. The molecular weight excluding hydrogens is 328 g/mol. The standard InChI is InChI=1S/C16H20N4O3S/c1-9-4-12(17-15(21)5-9)16(22)18-14-7-11(19-20(14)2)13-6-10(23-3)8-24-13/h6-9,12H,4-5H2,1-3H3,(H,17,21)(H,18,22)/t9-,12-/m0/s1. The molecule has 0 unspecified atom stereocenters. The Morgan fingerprint density at radius 2 is 2.29 bits per heavy atom. The topological polar surface area (TPSA) is 85.2 Å². The molecule has 1 aliphatic rings. The number of carbonyl (C=O) groups excluding carboxylic acids is 2. The predicted molar refractivity (Wildman–Crippen MR) is 92.0 cm³/mol. The molecule has 1 saturated heterocycles. The van der Waals surface area contributed by atoms with E-state index >= 15 is 0 Å². The smallest absolute Gasteiger partial charge is 0.248 e. The van der Waals surface area contributed by atoms with Crippen molar-refractivity contribution in [2.75, 3.05) is 12.4 Å². The minimum absolute atomic E-state index is 0.0784. The van der Waals surface area contributed by atoms with Crippen molar-refractivity contribution >= 4 is 29.0 Å². The van der Waals surface area contributed by atoms with Gasteiger partial charge in [-0.15, -0.1) is 11.3 Å². The molecule has 2 amide bonds. The Bertz CT molecular complexity index is 767. The van der Waals surface area contributed by atoms with E-state index < -0.39 is 6.04 Å². The summed E-state index contributed by atoms with van der Waals surface area (Å²) in [5, 5.41) is 11.9. The molecule has 0 spiro atoms. The van der Waals surface area contributed by atoms with Crippen molar-refractivity contribution in [2.24, 2.45) is 13.0 Å². The average molecular weight is 348 g/mol. The van der Waals surface area contributed by atoms with Crippen LogP contribution in [0.5, 0.6) is 5.75 Å². The molecule has 0 saturated carbocycles. The van der Waals surface area contributed by atoms with Gasteiger partial charge in [0.25, 0.3) is 0 Å². The first-order chi connectivity index (χ1) is 11.5. The molecule has 2 aromatic heterocycles. The third-order valence-corrected chi connectivity index (χ3v) is 4.95. The van der Waals surface area contributed by atoms with Crippen LogP contribution in [0.3, 0.4) is 0 Å². The van der Waals surface area contributed by atoms with E-state index in [0.717, 1.165) is 16.3 Å². The average Bonchev–Trinajstić information content (AvgIpc) is 3.13. The van der Waals surface area contributed by atoms with Gasteiger partial charge in [0.2, 0.25) is 11.8 Å². The number of nitrogens with zero attached hydrogens (tertiary/aromatic N) is 2. The number of nitrogens with one attached hydrogen (secondary N) is 2. The molecule has 0 bridgehead atoms. The van der Waals surface area contributed by atoms with Gasteiger partial charge < -0.3 is 15.4 Å². The quantitative estimate of drug-likeness (QED) is 0.885. The highest BCUT2D eigenvalue weighted by Gasteiger charge is 2.29. The summed E-state index contributed by atoms with van der Waals surface area (Å²) in [6.45, 7) is 1.98. The zero-order valence-corrected chi connectivity index (χ0v) is 14.6. The zero-order chi connectivity index (χ0) is 17.3. The second-order valence-electron chi connectivity index (χ2n) is 6.04. The lowest BCUT2D eigenvalue weighted by Gasteiger charge is -2.26. The van der Waals surface area contributed by atoms with Gasteiger partial charge in [-0.2, -0.15) is 5.10 Å². The summed E-state index contributed by atoms with van der Waals surface area (Å²) in [6, 6.07) is 3.22. The lowest BCUT2D eigenvalue weighted by atomic mass is 9.93. The number of piperidine rings is 1. The number of anilines is 1. The van der Waals surface area contributed by atoms with Gasteiger partial charge in [0.15, 0.2) is 0 Å². The number of thiophene rings is 1. The Morgan fingerprint density at radius 1 is 1.50 bits per heavy atom. The number of hydrogen-bond acceptors (Lipinski definition) is 5.